The zero-order valence-corrected chi connectivity index (χ0v) is 55.6. The molecule has 29 nitrogen and oxygen atoms in total. The number of hydrogen-bond donors (Lipinski definition) is 14. The van der Waals surface area contributed by atoms with Gasteiger partial charge in [-0.2, -0.15) is 0 Å². The zero-order valence-electron chi connectivity index (χ0n) is 53.8. The van der Waals surface area contributed by atoms with Gasteiger partial charge in [0.1, 0.15) is 61.4 Å². The van der Waals surface area contributed by atoms with Crippen LogP contribution in [-0.2, 0) is 70.5 Å². The first-order valence-electron chi connectivity index (χ1n) is 30.9. The van der Waals surface area contributed by atoms with Gasteiger partial charge in [-0.3, -0.25) is 57.6 Å². The number of aromatic nitrogens is 1. The lowest BCUT2D eigenvalue weighted by Gasteiger charge is -2.32. The number of likely N-dealkylation sites (N-methyl/N-ethyl adjacent to an activating group) is 1. The molecule has 12 atom stereocenters. The highest BCUT2D eigenvalue weighted by Crippen LogP contribution is 2.35. The fourth-order valence-electron chi connectivity index (χ4n) is 10.7. The number of anilines is 1. The van der Waals surface area contributed by atoms with Crippen LogP contribution >= 0.6 is 11.8 Å². The Morgan fingerprint density at radius 3 is 2.14 bits per heavy atom. The van der Waals surface area contributed by atoms with Crippen LogP contribution < -0.4 is 63.2 Å². The Kier molecular flexibility index (Phi) is 26.5. The summed E-state index contributed by atoms with van der Waals surface area (Å²) < 4.78 is 12.5. The number of nitrogens with two attached hydrogens (primary N) is 1. The summed E-state index contributed by atoms with van der Waals surface area (Å²) in [5.41, 5.74) is 7.54. The van der Waals surface area contributed by atoms with Gasteiger partial charge < -0.3 is 88.3 Å². The number of aliphatic hydroxyl groups is 3. The molecule has 0 radical (unpaired) electrons. The fraction of sp³-hybridized carbons (Fsp3) is 0.590. The minimum atomic E-state index is -1.79. The van der Waals surface area contributed by atoms with Gasteiger partial charge in [-0.25, -0.2) is 0 Å². The third-order valence-electron chi connectivity index (χ3n) is 16.5. The topological polar surface area (TPSA) is 423 Å². The third kappa shape index (κ3) is 19.9. The number of primary amides is 1. The van der Waals surface area contributed by atoms with Gasteiger partial charge in [0.25, 0.3) is 5.91 Å². The van der Waals surface area contributed by atoms with Crippen LogP contribution in [0.3, 0.4) is 0 Å². The number of fused-ring (bicyclic) bond motifs is 5. The Hall–Kier alpha value is -7.68. The number of nitrogens with one attached hydrogen (secondary N) is 10. The molecule has 4 heterocycles. The second-order valence-electron chi connectivity index (χ2n) is 25.2. The van der Waals surface area contributed by atoms with Crippen molar-refractivity contribution < 1.29 is 77.5 Å². The van der Waals surface area contributed by atoms with E-state index in [0.717, 1.165) is 22.7 Å². The van der Waals surface area contributed by atoms with E-state index in [1.165, 1.54) is 11.8 Å². The minimum absolute atomic E-state index is 0.0132. The standard InChI is InChI=1S/C61H91N13O16SSi/c1-11-32(4)51-56(84)65-24-48(79)67-44-29-91-59-40(39-21-38(16-17-41(39)70-59)90-28-35-12-14-36(15-13-35)74(30-89-18-19-92(8,9)10)60(87)34(6)66-57(85)50(63-7)31(2)3)22-42(53(81)64-25-49(80)71-51)68-58(86)52(33(5)46(77)27-75)72-55(83)45-20-37(76)26-73(45)61(88)43(23-47(62)78)69-54(44)82/h12-17,21,31-34,37,42-46,50-52,63,70,75-77H,11,18-20,22-30H2,1-10H3,(H2,62,78)(H,64,81)(H,65,84)(H,66,85)(H,67,79)(H,68,86)(H,69,82)(H,71,80)(H,72,83)/t32-,33-,34-,37?,42?,43-,44?,45-,46-,50-,51-,52-/m0/s1. The number of rotatable bonds is 21. The summed E-state index contributed by atoms with van der Waals surface area (Å²) in [6, 6.07) is 1.80. The van der Waals surface area contributed by atoms with E-state index in [1.807, 2.05) is 13.8 Å². The van der Waals surface area contributed by atoms with Crippen molar-refractivity contribution in [2.45, 2.75) is 165 Å². The van der Waals surface area contributed by atoms with Crippen LogP contribution in [0.15, 0.2) is 47.5 Å². The lowest BCUT2D eigenvalue weighted by Crippen LogP contribution is -2.62. The van der Waals surface area contributed by atoms with E-state index in [2.05, 4.69) is 72.5 Å². The van der Waals surface area contributed by atoms with Crippen molar-refractivity contribution in [1.82, 2.24) is 57.7 Å². The molecule has 0 spiro atoms. The predicted octanol–water partition coefficient (Wildman–Crippen LogP) is -1.67. The first kappa shape index (κ1) is 73.4. The summed E-state index contributed by atoms with van der Waals surface area (Å²) >= 11 is 0.962. The zero-order chi connectivity index (χ0) is 67.9. The predicted molar refractivity (Wildman–Crippen MR) is 343 cm³/mol. The fourth-order valence-corrected chi connectivity index (χ4v) is 12.6. The lowest BCUT2D eigenvalue weighted by molar-refractivity contribution is -0.144. The number of H-pyrrole nitrogens is 1. The molecule has 6 rings (SSSR count). The van der Waals surface area contributed by atoms with Crippen LogP contribution in [0.4, 0.5) is 5.69 Å². The number of carbonyl (C=O) groups is 11. The lowest BCUT2D eigenvalue weighted by atomic mass is 9.93. The number of nitrogens with zero attached hydrogens (tertiary/aromatic N) is 2. The normalized spacial score (nSPS) is 23.4. The molecule has 3 unspecified atom stereocenters. The highest BCUT2D eigenvalue weighted by Gasteiger charge is 2.45. The van der Waals surface area contributed by atoms with Gasteiger partial charge >= 0.3 is 0 Å². The summed E-state index contributed by atoms with van der Waals surface area (Å²) in [5.74, 6) is -11.3. The van der Waals surface area contributed by atoms with Crippen molar-refractivity contribution in [2.24, 2.45) is 23.5 Å². The first-order valence-corrected chi connectivity index (χ1v) is 35.6. The molecule has 92 heavy (non-hydrogen) atoms. The van der Waals surface area contributed by atoms with Gasteiger partial charge in [-0.15, -0.1) is 11.8 Å². The van der Waals surface area contributed by atoms with Crippen LogP contribution in [-0.4, -0.2) is 211 Å². The molecule has 1 aromatic heterocycles. The van der Waals surface area contributed by atoms with Gasteiger partial charge in [-0.05, 0) is 73.3 Å². The number of thioether (sulfide) groups is 1. The first-order chi connectivity index (χ1) is 43.4. The molecular weight excluding hydrogens is 1230 g/mol. The van der Waals surface area contributed by atoms with Gasteiger partial charge in [0, 0.05) is 62.3 Å². The maximum atomic E-state index is 14.9. The van der Waals surface area contributed by atoms with Crippen LogP contribution in [0.2, 0.25) is 25.7 Å². The van der Waals surface area contributed by atoms with Crippen molar-refractivity contribution in [3.8, 4) is 5.75 Å². The summed E-state index contributed by atoms with van der Waals surface area (Å²) in [5, 5.41) is 56.5. The van der Waals surface area contributed by atoms with Crippen molar-refractivity contribution in [3.05, 3.63) is 53.6 Å². The van der Waals surface area contributed by atoms with Crippen molar-refractivity contribution in [3.63, 3.8) is 0 Å². The highest BCUT2D eigenvalue weighted by molar-refractivity contribution is 7.99. The number of ether oxygens (including phenoxy) is 2. The van der Waals surface area contributed by atoms with Crippen molar-refractivity contribution >= 4 is 101 Å². The number of amides is 11. The Morgan fingerprint density at radius 1 is 0.837 bits per heavy atom. The van der Waals surface area contributed by atoms with E-state index >= 15 is 0 Å². The van der Waals surface area contributed by atoms with Crippen LogP contribution in [0.1, 0.15) is 71.9 Å². The highest BCUT2D eigenvalue weighted by atomic mass is 32.2. The van der Waals surface area contributed by atoms with Crippen molar-refractivity contribution in [1.29, 1.82) is 0 Å². The number of benzene rings is 2. The molecule has 506 valence electrons. The SMILES string of the molecule is CC[C@H](C)[C@@H]1NC(=O)CNC(=O)C2Cc3c([nH]c4ccc(OCc5ccc(N(COCC[Si](C)(C)C)C(=O)[C@H](C)NC(=O)[C@@H](NC)C(C)C)cc5)cc34)SCC(NC(=O)CNC1=O)C(=O)N[C@@H](CC(N)=O)C(=O)N1CC(O)C[C@H]1C(=O)N[C@@H]([C@@H](C)[C@@H](O)CO)C(=O)N2. The Morgan fingerprint density at radius 2 is 1.51 bits per heavy atom. The summed E-state index contributed by atoms with van der Waals surface area (Å²) in [6.45, 7) is 14.4. The number of aliphatic hydroxyl groups excluding tert-OH is 3. The van der Waals surface area contributed by atoms with Gasteiger partial charge in [0.2, 0.25) is 59.1 Å². The molecule has 31 heteroatoms. The van der Waals surface area contributed by atoms with Gasteiger partial charge in [0.15, 0.2) is 0 Å². The summed E-state index contributed by atoms with van der Waals surface area (Å²) in [6.07, 6.45) is -4.25. The van der Waals surface area contributed by atoms with Gasteiger partial charge in [-0.1, -0.05) is 72.8 Å². The van der Waals surface area contributed by atoms with E-state index in [1.54, 1.807) is 70.3 Å². The average molecular weight is 1320 g/mol. The molecule has 0 saturated carbocycles. The maximum Gasteiger partial charge on any atom is 0.251 e. The summed E-state index contributed by atoms with van der Waals surface area (Å²) in [7, 11) is 0.189. The maximum absolute atomic E-state index is 14.9. The Balaban J connectivity index is 1.44. The van der Waals surface area contributed by atoms with E-state index in [9.17, 15) is 68.1 Å². The van der Waals surface area contributed by atoms with E-state index in [-0.39, 0.29) is 35.9 Å². The van der Waals surface area contributed by atoms with Gasteiger partial charge in [0.05, 0.1) is 49.4 Å². The molecule has 2 aromatic carbocycles. The molecular formula is C61H91N13O16SSi. The number of carbonyl (C=O) groups excluding carboxylic acids is 11. The minimum Gasteiger partial charge on any atom is -0.489 e. The third-order valence-corrected chi connectivity index (χ3v) is 19.3. The second-order valence-corrected chi connectivity index (χ2v) is 31.9. The van der Waals surface area contributed by atoms with E-state index in [4.69, 9.17) is 15.2 Å². The Bertz CT molecular complexity index is 3170. The largest absolute Gasteiger partial charge is 0.489 e. The smallest absolute Gasteiger partial charge is 0.251 e. The molecule has 3 aliphatic rings. The van der Waals surface area contributed by atoms with Crippen molar-refractivity contribution in [2.75, 3.05) is 57.3 Å². The molecule has 2 bridgehead atoms. The molecule has 3 aromatic rings. The molecule has 1 fully saturated rings. The Labute approximate surface area is 539 Å². The van der Waals surface area contributed by atoms with Crippen LogP contribution in [0.5, 0.6) is 5.75 Å². The van der Waals surface area contributed by atoms with E-state index in [0.29, 0.717) is 46.5 Å². The number of hydrogen-bond acceptors (Lipinski definition) is 18. The second kappa shape index (κ2) is 33.2. The molecule has 15 N–H and O–H groups in total. The van der Waals surface area contributed by atoms with Crippen LogP contribution in [0.25, 0.3) is 10.9 Å². The number of aromatic amines is 1. The molecule has 11 amide bonds. The van der Waals surface area contributed by atoms with E-state index < -0.39 is 185 Å². The molecule has 0 aliphatic carbocycles. The molecule has 1 saturated heterocycles. The monoisotopic (exact) mass is 1320 g/mol. The summed E-state index contributed by atoms with van der Waals surface area (Å²) in [4.78, 5) is 160. The average Bonchev–Trinajstić information content (AvgIpc) is 1.76. The molecule has 3 aliphatic heterocycles. The van der Waals surface area contributed by atoms with Crippen LogP contribution in [0, 0.1) is 17.8 Å². The quantitative estimate of drug-likeness (QED) is 0.0322.